The second-order valence-electron chi connectivity index (χ2n) is 5.56. The SMILES string of the molecule is Cc1ncnc(N2CCC3(CC2)CC3(F)F)c1C. The zero-order valence-electron chi connectivity index (χ0n) is 10.7. The first kappa shape index (κ1) is 11.8. The maximum Gasteiger partial charge on any atom is 0.254 e. The zero-order valence-corrected chi connectivity index (χ0v) is 10.7. The van der Waals surface area contributed by atoms with Crippen LogP contribution in [0.5, 0.6) is 0 Å². The van der Waals surface area contributed by atoms with Crippen LogP contribution in [-0.2, 0) is 0 Å². The van der Waals surface area contributed by atoms with Gasteiger partial charge in [0.25, 0.3) is 5.92 Å². The van der Waals surface area contributed by atoms with Crippen LogP contribution in [0, 0.1) is 19.3 Å². The van der Waals surface area contributed by atoms with E-state index >= 15 is 0 Å². The standard InChI is InChI=1S/C13H17F2N3/c1-9-10(2)16-8-17-11(9)18-5-3-12(4-6-18)7-13(12,14)15/h8H,3-7H2,1-2H3. The van der Waals surface area contributed by atoms with Gasteiger partial charge in [0.05, 0.1) is 0 Å². The van der Waals surface area contributed by atoms with Crippen LogP contribution in [-0.4, -0.2) is 29.0 Å². The average Bonchev–Trinajstić information content (AvgIpc) is 2.85. The molecule has 0 unspecified atom stereocenters. The Morgan fingerprint density at radius 1 is 1.17 bits per heavy atom. The van der Waals surface area contributed by atoms with Crippen molar-refractivity contribution in [2.75, 3.05) is 18.0 Å². The summed E-state index contributed by atoms with van der Waals surface area (Å²) in [5.74, 6) is -1.52. The minimum atomic E-state index is -2.42. The number of nitrogens with zero attached hydrogens (tertiary/aromatic N) is 3. The lowest BCUT2D eigenvalue weighted by atomic mass is 9.92. The van der Waals surface area contributed by atoms with Crippen LogP contribution in [0.15, 0.2) is 6.33 Å². The van der Waals surface area contributed by atoms with Crippen LogP contribution in [0.1, 0.15) is 30.5 Å². The molecule has 0 radical (unpaired) electrons. The van der Waals surface area contributed by atoms with Gasteiger partial charge in [-0.15, -0.1) is 0 Å². The number of alkyl halides is 2. The fraction of sp³-hybridized carbons (Fsp3) is 0.692. The molecule has 98 valence electrons. The van der Waals surface area contributed by atoms with E-state index in [1.54, 1.807) is 6.33 Å². The van der Waals surface area contributed by atoms with Gasteiger partial charge in [-0.2, -0.15) is 0 Å². The van der Waals surface area contributed by atoms with E-state index in [4.69, 9.17) is 0 Å². The molecule has 0 aromatic carbocycles. The fourth-order valence-electron chi connectivity index (χ4n) is 2.91. The molecule has 2 heterocycles. The molecule has 1 saturated carbocycles. The molecule has 5 heteroatoms. The summed E-state index contributed by atoms with van der Waals surface area (Å²) < 4.78 is 26.6. The molecule has 3 nitrogen and oxygen atoms in total. The molecule has 1 aliphatic heterocycles. The summed E-state index contributed by atoms with van der Waals surface area (Å²) >= 11 is 0. The number of hydrogen-bond acceptors (Lipinski definition) is 3. The maximum atomic E-state index is 13.3. The molecule has 2 aliphatic rings. The smallest absolute Gasteiger partial charge is 0.254 e. The maximum absolute atomic E-state index is 13.3. The Morgan fingerprint density at radius 3 is 2.33 bits per heavy atom. The second-order valence-corrected chi connectivity index (χ2v) is 5.56. The van der Waals surface area contributed by atoms with Crippen molar-refractivity contribution < 1.29 is 8.78 Å². The number of aromatic nitrogens is 2. The number of anilines is 1. The molecule has 0 atom stereocenters. The topological polar surface area (TPSA) is 29.0 Å². The van der Waals surface area contributed by atoms with Crippen LogP contribution in [0.25, 0.3) is 0 Å². The molecule has 0 bridgehead atoms. The third kappa shape index (κ3) is 1.60. The summed E-state index contributed by atoms with van der Waals surface area (Å²) in [6.07, 6.45) is 2.77. The molecule has 1 aromatic heterocycles. The van der Waals surface area contributed by atoms with Crippen LogP contribution in [0.4, 0.5) is 14.6 Å². The Kier molecular flexibility index (Phi) is 2.37. The van der Waals surface area contributed by atoms with Gasteiger partial charge in [0.2, 0.25) is 0 Å². The van der Waals surface area contributed by atoms with E-state index in [1.807, 2.05) is 13.8 Å². The van der Waals surface area contributed by atoms with Gasteiger partial charge in [0, 0.05) is 36.2 Å². The van der Waals surface area contributed by atoms with Crippen LogP contribution >= 0.6 is 0 Å². The minimum absolute atomic E-state index is 0.0790. The lowest BCUT2D eigenvalue weighted by Gasteiger charge is -2.33. The van der Waals surface area contributed by atoms with Gasteiger partial charge in [0.15, 0.2) is 0 Å². The lowest BCUT2D eigenvalue weighted by Crippen LogP contribution is -2.37. The van der Waals surface area contributed by atoms with Crippen molar-refractivity contribution in [3.8, 4) is 0 Å². The molecule has 1 aliphatic carbocycles. The van der Waals surface area contributed by atoms with E-state index in [0.717, 1.165) is 17.1 Å². The summed E-state index contributed by atoms with van der Waals surface area (Å²) in [7, 11) is 0. The predicted molar refractivity (Wildman–Crippen MR) is 65.0 cm³/mol. The van der Waals surface area contributed by atoms with Crippen molar-refractivity contribution in [3.05, 3.63) is 17.6 Å². The number of aryl methyl sites for hydroxylation is 1. The van der Waals surface area contributed by atoms with Gasteiger partial charge in [-0.3, -0.25) is 0 Å². The van der Waals surface area contributed by atoms with Gasteiger partial charge < -0.3 is 4.90 Å². The quantitative estimate of drug-likeness (QED) is 0.770. The van der Waals surface area contributed by atoms with E-state index in [2.05, 4.69) is 14.9 Å². The van der Waals surface area contributed by atoms with Gasteiger partial charge in [-0.05, 0) is 26.7 Å². The monoisotopic (exact) mass is 253 g/mol. The van der Waals surface area contributed by atoms with E-state index in [0.29, 0.717) is 25.9 Å². The van der Waals surface area contributed by atoms with E-state index in [1.165, 1.54) is 0 Å². The number of piperidine rings is 1. The summed E-state index contributed by atoms with van der Waals surface area (Å²) in [6.45, 7) is 5.28. The third-order valence-corrected chi connectivity index (χ3v) is 4.54. The second kappa shape index (κ2) is 3.62. The summed E-state index contributed by atoms with van der Waals surface area (Å²) in [6, 6.07) is 0. The molecule has 1 aromatic rings. The van der Waals surface area contributed by atoms with Crippen LogP contribution in [0.3, 0.4) is 0 Å². The third-order valence-electron chi connectivity index (χ3n) is 4.54. The molecule has 1 saturated heterocycles. The molecule has 2 fully saturated rings. The number of halogens is 2. The highest BCUT2D eigenvalue weighted by Gasteiger charge is 2.70. The molecule has 3 rings (SSSR count). The molecule has 18 heavy (non-hydrogen) atoms. The molecular weight excluding hydrogens is 236 g/mol. The van der Waals surface area contributed by atoms with Gasteiger partial charge in [-0.25, -0.2) is 18.7 Å². The Bertz CT molecular complexity index is 479. The predicted octanol–water partition coefficient (Wildman–Crippen LogP) is 2.72. The van der Waals surface area contributed by atoms with Crippen molar-refractivity contribution in [3.63, 3.8) is 0 Å². The van der Waals surface area contributed by atoms with Crippen molar-refractivity contribution >= 4 is 5.82 Å². The van der Waals surface area contributed by atoms with Crippen molar-refractivity contribution in [1.29, 1.82) is 0 Å². The Balaban J connectivity index is 1.76. The molecule has 1 spiro atoms. The Labute approximate surface area is 105 Å². The first-order chi connectivity index (χ1) is 8.45. The Hall–Kier alpha value is -1.26. The molecular formula is C13H17F2N3. The van der Waals surface area contributed by atoms with E-state index in [-0.39, 0.29) is 6.42 Å². The highest BCUT2D eigenvalue weighted by molar-refractivity contribution is 5.48. The van der Waals surface area contributed by atoms with Crippen LogP contribution < -0.4 is 4.90 Å². The number of rotatable bonds is 1. The summed E-state index contributed by atoms with van der Waals surface area (Å²) in [5.41, 5.74) is 1.31. The number of hydrogen-bond donors (Lipinski definition) is 0. The van der Waals surface area contributed by atoms with Crippen molar-refractivity contribution in [2.45, 2.75) is 39.0 Å². The van der Waals surface area contributed by atoms with Gasteiger partial charge >= 0.3 is 0 Å². The largest absolute Gasteiger partial charge is 0.356 e. The van der Waals surface area contributed by atoms with Crippen molar-refractivity contribution in [2.24, 2.45) is 5.41 Å². The highest BCUT2D eigenvalue weighted by atomic mass is 19.3. The lowest BCUT2D eigenvalue weighted by molar-refractivity contribution is 0.0536. The molecule has 0 N–H and O–H groups in total. The summed E-state index contributed by atoms with van der Waals surface area (Å²) in [5, 5.41) is 0. The first-order valence-corrected chi connectivity index (χ1v) is 6.36. The van der Waals surface area contributed by atoms with E-state index < -0.39 is 11.3 Å². The average molecular weight is 253 g/mol. The normalized spacial score (nSPS) is 24.3. The van der Waals surface area contributed by atoms with Crippen molar-refractivity contribution in [1.82, 2.24) is 9.97 Å². The first-order valence-electron chi connectivity index (χ1n) is 6.36. The molecule has 0 amide bonds. The van der Waals surface area contributed by atoms with Gasteiger partial charge in [-0.1, -0.05) is 0 Å². The van der Waals surface area contributed by atoms with Crippen LogP contribution in [0.2, 0.25) is 0 Å². The zero-order chi connectivity index (χ0) is 13.0. The minimum Gasteiger partial charge on any atom is -0.356 e. The summed E-state index contributed by atoms with van der Waals surface area (Å²) in [4.78, 5) is 10.5. The fourth-order valence-corrected chi connectivity index (χ4v) is 2.91. The van der Waals surface area contributed by atoms with E-state index in [9.17, 15) is 8.78 Å². The Morgan fingerprint density at radius 2 is 1.78 bits per heavy atom. The van der Waals surface area contributed by atoms with Gasteiger partial charge in [0.1, 0.15) is 12.1 Å². The highest BCUT2D eigenvalue weighted by Crippen LogP contribution is 2.65.